The van der Waals surface area contributed by atoms with Crippen molar-refractivity contribution in [1.29, 1.82) is 0 Å². The zero-order valence-electron chi connectivity index (χ0n) is 14.4. The van der Waals surface area contributed by atoms with E-state index in [2.05, 4.69) is 72.7 Å². The van der Waals surface area contributed by atoms with Crippen LogP contribution < -0.4 is 8.85 Å². The summed E-state index contributed by atoms with van der Waals surface area (Å²) in [5.74, 6) is 1.59. The molecule has 0 bridgehead atoms. The van der Waals surface area contributed by atoms with Gasteiger partial charge in [-0.2, -0.15) is 15.1 Å². The molecule has 4 aromatic rings. The average Bonchev–Trinajstić information content (AvgIpc) is 3.25. The van der Waals surface area contributed by atoms with Gasteiger partial charge in [0.25, 0.3) is 0 Å². The van der Waals surface area contributed by atoms with Crippen molar-refractivity contribution in [3.05, 3.63) is 51.9 Å². The number of hydrogen-bond donors (Lipinski definition) is 1. The third-order valence-electron chi connectivity index (χ3n) is 4.04. The molecule has 0 aliphatic heterocycles. The molecule has 0 fully saturated rings. The van der Waals surface area contributed by atoms with Crippen molar-refractivity contribution in [3.8, 4) is 5.95 Å². The highest BCUT2D eigenvalue weighted by atomic mass is 127. The minimum atomic E-state index is 0.361. The van der Waals surface area contributed by atoms with Gasteiger partial charge in [-0.25, -0.2) is 9.67 Å². The van der Waals surface area contributed by atoms with Gasteiger partial charge < -0.3 is 5.73 Å². The van der Waals surface area contributed by atoms with Crippen molar-refractivity contribution in [2.75, 3.05) is 8.85 Å². The molecular weight excluding hydrogens is 570 g/mol. The summed E-state index contributed by atoms with van der Waals surface area (Å²) in [6.45, 7) is 3.41. The van der Waals surface area contributed by atoms with Gasteiger partial charge in [-0.3, -0.25) is 7.68 Å². The van der Waals surface area contributed by atoms with Crippen LogP contribution in [0, 0.1) is 3.57 Å². The number of aromatic nitrogens is 6. The van der Waals surface area contributed by atoms with Gasteiger partial charge in [-0.05, 0) is 35.1 Å². The normalized spacial score (nSPS) is 11.2. The Balaban J connectivity index is 1.78. The number of halogens is 2. The molecule has 0 atom stereocenters. The number of anilines is 2. The van der Waals surface area contributed by atoms with Gasteiger partial charge in [0.05, 0.1) is 39.2 Å². The molecule has 0 unspecified atom stereocenters. The molecule has 0 aliphatic carbocycles. The number of nitrogens with zero attached hydrogens (tertiary/aromatic N) is 7. The Labute approximate surface area is 183 Å². The Hall–Kier alpha value is -1.96. The van der Waals surface area contributed by atoms with E-state index in [1.165, 1.54) is 5.56 Å². The molecule has 10 heteroatoms. The van der Waals surface area contributed by atoms with Gasteiger partial charge in [0, 0.05) is 12.7 Å². The van der Waals surface area contributed by atoms with Crippen LogP contribution in [0.25, 0.3) is 17.1 Å². The maximum Gasteiger partial charge on any atom is 0.238 e. The summed E-state index contributed by atoms with van der Waals surface area (Å²) in [6, 6.07) is 10.2. The zero-order valence-corrected chi connectivity index (χ0v) is 18.7. The largest absolute Gasteiger partial charge is 0.382 e. The van der Waals surface area contributed by atoms with Crippen LogP contribution in [-0.4, -0.2) is 29.3 Å². The fourth-order valence-electron chi connectivity index (χ4n) is 2.80. The minimum absolute atomic E-state index is 0.361. The summed E-state index contributed by atoms with van der Waals surface area (Å²) in [5.41, 5.74) is 8.68. The molecule has 3 heterocycles. The third kappa shape index (κ3) is 3.59. The lowest BCUT2D eigenvalue weighted by Crippen LogP contribution is -2.14. The second kappa shape index (κ2) is 7.58. The number of hydrogen-bond acceptors (Lipinski definition) is 6. The lowest BCUT2D eigenvalue weighted by molar-refractivity contribution is 0.696. The number of benzene rings is 1. The quantitative estimate of drug-likeness (QED) is 0.284. The number of rotatable bonds is 5. The van der Waals surface area contributed by atoms with Crippen LogP contribution in [0.1, 0.15) is 12.5 Å². The van der Waals surface area contributed by atoms with Crippen molar-refractivity contribution in [3.63, 3.8) is 0 Å². The second-order valence-corrected chi connectivity index (χ2v) is 8.26. The van der Waals surface area contributed by atoms with E-state index in [1.54, 1.807) is 10.9 Å². The van der Waals surface area contributed by atoms with Gasteiger partial charge in [0.15, 0.2) is 17.0 Å². The Bertz CT molecular complexity index is 1090. The summed E-state index contributed by atoms with van der Waals surface area (Å²) in [7, 11) is 0. The van der Waals surface area contributed by atoms with Crippen LogP contribution in [0.2, 0.25) is 0 Å². The van der Waals surface area contributed by atoms with Crippen LogP contribution in [-0.2, 0) is 13.1 Å². The van der Waals surface area contributed by atoms with Gasteiger partial charge >= 0.3 is 0 Å². The minimum Gasteiger partial charge on any atom is -0.382 e. The summed E-state index contributed by atoms with van der Waals surface area (Å²) >= 11 is 4.43. The first-order valence-electron chi connectivity index (χ1n) is 8.28. The fourth-order valence-corrected chi connectivity index (χ4v) is 3.80. The molecule has 0 saturated heterocycles. The Morgan fingerprint density at radius 2 is 1.93 bits per heavy atom. The molecule has 27 heavy (non-hydrogen) atoms. The second-order valence-electron chi connectivity index (χ2n) is 5.85. The molecule has 0 radical (unpaired) electrons. The molecule has 0 saturated carbocycles. The molecule has 0 spiro atoms. The van der Waals surface area contributed by atoms with Crippen LogP contribution in [0.5, 0.6) is 0 Å². The lowest BCUT2D eigenvalue weighted by atomic mass is 10.2. The monoisotopic (exact) mass is 586 g/mol. The predicted octanol–water partition coefficient (Wildman–Crippen LogP) is 3.58. The first kappa shape index (κ1) is 18.4. The molecule has 138 valence electrons. The van der Waals surface area contributed by atoms with Crippen molar-refractivity contribution in [1.82, 2.24) is 29.3 Å². The van der Waals surface area contributed by atoms with Crippen LogP contribution >= 0.6 is 45.5 Å². The highest BCUT2D eigenvalue weighted by Gasteiger charge is 2.19. The van der Waals surface area contributed by atoms with E-state index in [4.69, 9.17) is 10.7 Å². The average molecular weight is 586 g/mol. The summed E-state index contributed by atoms with van der Waals surface area (Å²) in [6.07, 6.45) is 3.70. The van der Waals surface area contributed by atoms with Crippen molar-refractivity contribution in [2.24, 2.45) is 0 Å². The first-order chi connectivity index (χ1) is 13.1. The van der Waals surface area contributed by atoms with E-state index in [-0.39, 0.29) is 0 Å². The van der Waals surface area contributed by atoms with Crippen LogP contribution in [0.3, 0.4) is 0 Å². The standard InChI is InChI=1S/C17H16I2N8/c1-2-25-15-13(22-17(25)27-10-12(18)8-21-27)14(20)23-16(24-15)26(19)9-11-6-4-3-5-7-11/h3-8,10H,2,9H2,1H3,(H2,20,23,24). The zero-order chi connectivity index (χ0) is 19.0. The molecule has 3 aromatic heterocycles. The molecule has 8 nitrogen and oxygen atoms in total. The maximum atomic E-state index is 6.22. The van der Waals surface area contributed by atoms with Crippen molar-refractivity contribution >= 4 is 68.4 Å². The summed E-state index contributed by atoms with van der Waals surface area (Å²) in [4.78, 5) is 13.8. The smallest absolute Gasteiger partial charge is 0.238 e. The number of nitrogen functional groups attached to an aromatic ring is 1. The molecule has 0 aliphatic rings. The van der Waals surface area contributed by atoms with E-state index >= 15 is 0 Å². The highest BCUT2D eigenvalue weighted by Crippen LogP contribution is 2.26. The van der Waals surface area contributed by atoms with Gasteiger partial charge in [0.2, 0.25) is 11.9 Å². The number of aryl methyl sites for hydroxylation is 1. The third-order valence-corrected chi connectivity index (χ3v) is 5.37. The highest BCUT2D eigenvalue weighted by molar-refractivity contribution is 14.1. The van der Waals surface area contributed by atoms with E-state index in [0.717, 1.165) is 3.57 Å². The SMILES string of the molecule is CCn1c(-n2cc(I)cn2)nc2c(N)nc(N(I)Cc3ccccc3)nc21. The van der Waals surface area contributed by atoms with E-state index in [9.17, 15) is 0 Å². The summed E-state index contributed by atoms with van der Waals surface area (Å²) < 4.78 is 6.71. The van der Waals surface area contributed by atoms with Crippen molar-refractivity contribution < 1.29 is 0 Å². The van der Waals surface area contributed by atoms with Crippen LogP contribution in [0.4, 0.5) is 11.8 Å². The molecule has 4 rings (SSSR count). The lowest BCUT2D eigenvalue weighted by Gasteiger charge is -2.15. The van der Waals surface area contributed by atoms with Crippen molar-refractivity contribution in [2.45, 2.75) is 20.0 Å². The predicted molar refractivity (Wildman–Crippen MR) is 122 cm³/mol. The Morgan fingerprint density at radius 1 is 1.15 bits per heavy atom. The van der Waals surface area contributed by atoms with Gasteiger partial charge in [-0.1, -0.05) is 30.3 Å². The molecule has 2 N–H and O–H groups in total. The maximum absolute atomic E-state index is 6.22. The van der Waals surface area contributed by atoms with Crippen LogP contribution in [0.15, 0.2) is 42.7 Å². The van der Waals surface area contributed by atoms with Gasteiger partial charge in [-0.15, -0.1) is 0 Å². The van der Waals surface area contributed by atoms with Gasteiger partial charge in [0.1, 0.15) is 0 Å². The Morgan fingerprint density at radius 3 is 2.59 bits per heavy atom. The fraction of sp³-hybridized carbons (Fsp3) is 0.176. The van der Waals surface area contributed by atoms with E-state index < -0.39 is 0 Å². The van der Waals surface area contributed by atoms with E-state index in [1.807, 2.05) is 39.0 Å². The Kier molecular flexibility index (Phi) is 5.16. The topological polar surface area (TPSA) is 90.7 Å². The molecule has 0 amide bonds. The number of fused-ring (bicyclic) bond motifs is 1. The molecule has 1 aromatic carbocycles. The summed E-state index contributed by atoms with van der Waals surface area (Å²) in [5, 5.41) is 4.36. The molecular formula is C17H16I2N8. The first-order valence-corrected chi connectivity index (χ1v) is 10.3. The number of imidazole rings is 1. The number of nitrogens with two attached hydrogens (primary N) is 1. The van der Waals surface area contributed by atoms with E-state index in [0.29, 0.717) is 42.0 Å².